The van der Waals surface area contributed by atoms with Gasteiger partial charge in [0.2, 0.25) is 0 Å². The molecule has 0 spiro atoms. The minimum atomic E-state index is -1.29. The Labute approximate surface area is 88.5 Å². The first-order valence-corrected chi connectivity index (χ1v) is 4.18. The van der Waals surface area contributed by atoms with Gasteiger partial charge in [-0.05, 0) is 0 Å². The highest BCUT2D eigenvalue weighted by atomic mass is 35.5. The second-order valence-electron chi connectivity index (χ2n) is 2.19. The van der Waals surface area contributed by atoms with Crippen molar-refractivity contribution in [3.63, 3.8) is 0 Å². The van der Waals surface area contributed by atoms with Gasteiger partial charge in [-0.3, -0.25) is 0 Å². The molecule has 0 amide bonds. The van der Waals surface area contributed by atoms with Crippen molar-refractivity contribution in [1.29, 1.82) is 0 Å². The molecule has 3 nitrogen and oxygen atoms in total. The SMILES string of the molecule is O=C(O)c1c(Cl)cc(O)c(Cl)c1Cl. The molecule has 0 unspecified atom stereocenters. The van der Waals surface area contributed by atoms with Crippen LogP contribution in [0.1, 0.15) is 10.4 Å². The zero-order valence-electron chi connectivity index (χ0n) is 6.01. The van der Waals surface area contributed by atoms with Gasteiger partial charge >= 0.3 is 5.97 Å². The van der Waals surface area contributed by atoms with E-state index in [1.165, 1.54) is 0 Å². The van der Waals surface area contributed by atoms with Crippen LogP contribution in [0.5, 0.6) is 5.75 Å². The second-order valence-corrected chi connectivity index (χ2v) is 3.35. The van der Waals surface area contributed by atoms with Gasteiger partial charge in [-0.1, -0.05) is 34.8 Å². The second kappa shape index (κ2) is 3.62. The van der Waals surface area contributed by atoms with Crippen molar-refractivity contribution in [2.45, 2.75) is 0 Å². The topological polar surface area (TPSA) is 57.5 Å². The number of rotatable bonds is 1. The number of phenolic OH excluding ortho intramolecular Hbond substituents is 1. The number of hydrogen-bond donors (Lipinski definition) is 2. The first-order chi connectivity index (χ1) is 5.95. The number of carbonyl (C=O) groups is 1. The molecule has 1 aromatic rings. The fourth-order valence-corrected chi connectivity index (χ4v) is 1.53. The lowest BCUT2D eigenvalue weighted by atomic mass is 10.2. The van der Waals surface area contributed by atoms with Crippen LogP contribution in [0.15, 0.2) is 6.07 Å². The zero-order chi connectivity index (χ0) is 10.2. The van der Waals surface area contributed by atoms with Gasteiger partial charge in [0.1, 0.15) is 10.8 Å². The fourth-order valence-electron chi connectivity index (χ4n) is 0.779. The van der Waals surface area contributed by atoms with Crippen LogP contribution < -0.4 is 0 Å². The number of halogens is 3. The Hall–Kier alpha value is -0.640. The van der Waals surface area contributed by atoms with Gasteiger partial charge < -0.3 is 10.2 Å². The van der Waals surface area contributed by atoms with Gasteiger partial charge in [-0.15, -0.1) is 0 Å². The van der Waals surface area contributed by atoms with E-state index in [1.807, 2.05) is 0 Å². The third kappa shape index (κ3) is 1.82. The summed E-state index contributed by atoms with van der Waals surface area (Å²) in [5, 5.41) is 17.1. The molecule has 0 heterocycles. The highest BCUT2D eigenvalue weighted by Crippen LogP contribution is 2.38. The molecule has 6 heteroatoms. The molecule has 0 fully saturated rings. The van der Waals surface area contributed by atoms with Gasteiger partial charge in [0.25, 0.3) is 0 Å². The predicted octanol–water partition coefficient (Wildman–Crippen LogP) is 3.05. The predicted molar refractivity (Wildman–Crippen MR) is 50.1 cm³/mol. The van der Waals surface area contributed by atoms with Crippen molar-refractivity contribution in [2.75, 3.05) is 0 Å². The van der Waals surface area contributed by atoms with Crippen LogP contribution >= 0.6 is 34.8 Å². The van der Waals surface area contributed by atoms with Crippen LogP contribution in [0.3, 0.4) is 0 Å². The molecular weight excluding hydrogens is 238 g/mol. The number of aromatic carboxylic acids is 1. The van der Waals surface area contributed by atoms with Crippen LogP contribution in [-0.2, 0) is 0 Å². The molecule has 0 aromatic heterocycles. The summed E-state index contributed by atoms with van der Waals surface area (Å²) >= 11 is 16.6. The molecule has 0 bridgehead atoms. The van der Waals surface area contributed by atoms with Crippen LogP contribution in [0, 0.1) is 0 Å². The lowest BCUT2D eigenvalue weighted by molar-refractivity contribution is 0.0697. The number of carboxylic acids is 1. The van der Waals surface area contributed by atoms with Crippen LogP contribution in [-0.4, -0.2) is 16.2 Å². The average molecular weight is 241 g/mol. The summed E-state index contributed by atoms with van der Waals surface area (Å²) in [7, 11) is 0. The number of benzene rings is 1. The molecule has 0 atom stereocenters. The highest BCUT2D eigenvalue weighted by molar-refractivity contribution is 6.46. The van der Waals surface area contributed by atoms with E-state index in [1.54, 1.807) is 0 Å². The lowest BCUT2D eigenvalue weighted by Crippen LogP contribution is -1.99. The van der Waals surface area contributed by atoms with E-state index in [-0.39, 0.29) is 26.4 Å². The number of phenols is 1. The summed E-state index contributed by atoms with van der Waals surface area (Å²) in [6, 6.07) is 1.03. The molecule has 1 aromatic carbocycles. The average Bonchev–Trinajstić information content (AvgIpc) is 1.99. The summed E-state index contributed by atoms with van der Waals surface area (Å²) in [5.41, 5.74) is -0.314. The normalized spacial score (nSPS) is 10.1. The highest BCUT2D eigenvalue weighted by Gasteiger charge is 2.19. The van der Waals surface area contributed by atoms with Crippen LogP contribution in [0.25, 0.3) is 0 Å². The molecule has 13 heavy (non-hydrogen) atoms. The molecule has 0 aliphatic carbocycles. The van der Waals surface area contributed by atoms with E-state index >= 15 is 0 Å². The first kappa shape index (κ1) is 10.4. The Morgan fingerprint density at radius 1 is 1.23 bits per heavy atom. The Morgan fingerprint density at radius 2 is 1.77 bits per heavy atom. The molecule has 0 aliphatic rings. The molecular formula is C7H3Cl3O3. The molecule has 0 saturated heterocycles. The van der Waals surface area contributed by atoms with Crippen molar-refractivity contribution < 1.29 is 15.0 Å². The Bertz CT molecular complexity index is 376. The Balaban J connectivity index is 3.53. The quantitative estimate of drug-likeness (QED) is 0.743. The maximum atomic E-state index is 10.6. The third-order valence-corrected chi connectivity index (χ3v) is 2.51. The van der Waals surface area contributed by atoms with Crippen LogP contribution in [0.2, 0.25) is 15.1 Å². The van der Waals surface area contributed by atoms with E-state index < -0.39 is 5.97 Å². The summed E-state index contributed by atoms with van der Waals surface area (Å²) in [6.45, 7) is 0. The minimum absolute atomic E-state index is 0.153. The van der Waals surface area contributed by atoms with Gasteiger partial charge in [-0.25, -0.2) is 4.79 Å². The number of hydrogen-bond acceptors (Lipinski definition) is 2. The smallest absolute Gasteiger partial charge is 0.338 e. The molecule has 1 rings (SSSR count). The maximum Gasteiger partial charge on any atom is 0.338 e. The largest absolute Gasteiger partial charge is 0.506 e. The monoisotopic (exact) mass is 240 g/mol. The third-order valence-electron chi connectivity index (χ3n) is 1.35. The van der Waals surface area contributed by atoms with E-state index in [0.29, 0.717) is 0 Å². The van der Waals surface area contributed by atoms with Gasteiger partial charge in [-0.2, -0.15) is 0 Å². The minimum Gasteiger partial charge on any atom is -0.506 e. The Morgan fingerprint density at radius 3 is 2.23 bits per heavy atom. The van der Waals surface area contributed by atoms with Gasteiger partial charge in [0.05, 0.1) is 15.6 Å². The van der Waals surface area contributed by atoms with E-state index in [9.17, 15) is 4.79 Å². The maximum absolute atomic E-state index is 10.6. The standard InChI is InChI=1S/C7H3Cl3O3/c8-2-1-3(11)5(9)6(10)4(2)7(12)13/h1,11H,(H,12,13). The van der Waals surface area contributed by atoms with E-state index in [0.717, 1.165) is 6.07 Å². The van der Waals surface area contributed by atoms with Crippen molar-refractivity contribution in [2.24, 2.45) is 0 Å². The first-order valence-electron chi connectivity index (χ1n) is 3.05. The molecule has 70 valence electrons. The molecule has 0 saturated carbocycles. The molecule has 0 aliphatic heterocycles. The van der Waals surface area contributed by atoms with Crippen molar-refractivity contribution >= 4 is 40.8 Å². The van der Waals surface area contributed by atoms with E-state index in [4.69, 9.17) is 45.0 Å². The zero-order valence-corrected chi connectivity index (χ0v) is 8.28. The van der Waals surface area contributed by atoms with Crippen molar-refractivity contribution in [1.82, 2.24) is 0 Å². The number of aromatic hydroxyl groups is 1. The van der Waals surface area contributed by atoms with Gasteiger partial charge in [0.15, 0.2) is 0 Å². The summed E-state index contributed by atoms with van der Waals surface area (Å²) in [4.78, 5) is 10.6. The molecule has 0 radical (unpaired) electrons. The summed E-state index contributed by atoms with van der Waals surface area (Å²) in [5.74, 6) is -1.64. The lowest BCUT2D eigenvalue weighted by Gasteiger charge is -2.05. The van der Waals surface area contributed by atoms with Crippen LogP contribution in [0.4, 0.5) is 0 Å². The summed E-state index contributed by atoms with van der Waals surface area (Å²) in [6.07, 6.45) is 0. The van der Waals surface area contributed by atoms with Crippen molar-refractivity contribution in [3.8, 4) is 5.75 Å². The number of carboxylic acid groups (broad SMARTS) is 1. The van der Waals surface area contributed by atoms with Gasteiger partial charge in [0, 0.05) is 6.07 Å². The summed E-state index contributed by atoms with van der Waals surface area (Å²) < 4.78 is 0. The van der Waals surface area contributed by atoms with Crippen molar-refractivity contribution in [3.05, 3.63) is 26.7 Å². The Kier molecular flexibility index (Phi) is 2.91. The van der Waals surface area contributed by atoms with E-state index in [2.05, 4.69) is 0 Å². The fraction of sp³-hybridized carbons (Fsp3) is 0. The molecule has 2 N–H and O–H groups in total.